The highest BCUT2D eigenvalue weighted by Gasteiger charge is 2.17. The molecule has 1 fully saturated rings. The maximum absolute atomic E-state index is 5.73. The van der Waals surface area contributed by atoms with Crippen LogP contribution in [-0.4, -0.2) is 24.3 Å². The Morgan fingerprint density at radius 1 is 1.60 bits per heavy atom. The minimum Gasteiger partial charge on any atom is -0.472 e. The molecule has 2 atom stereocenters. The molecule has 2 N–H and O–H groups in total. The van der Waals surface area contributed by atoms with Crippen LogP contribution in [0.2, 0.25) is 0 Å². The molecule has 4 heteroatoms. The van der Waals surface area contributed by atoms with Gasteiger partial charge in [-0.15, -0.1) is 0 Å². The second kappa shape index (κ2) is 4.59. The van der Waals surface area contributed by atoms with Gasteiger partial charge in [0.25, 0.3) is 0 Å². The first-order valence-corrected chi connectivity index (χ1v) is 5.21. The first kappa shape index (κ1) is 10.4. The third kappa shape index (κ3) is 2.67. The number of rotatable bonds is 3. The van der Waals surface area contributed by atoms with Crippen LogP contribution in [0.5, 0.6) is 5.88 Å². The molecule has 82 valence electrons. The van der Waals surface area contributed by atoms with Crippen molar-refractivity contribution in [1.29, 1.82) is 0 Å². The number of ether oxygens (including phenoxy) is 2. The molecular weight excluding hydrogens is 192 g/mol. The zero-order valence-electron chi connectivity index (χ0n) is 8.85. The fourth-order valence-electron chi connectivity index (χ4n) is 1.51. The smallest absolute Gasteiger partial charge is 0.213 e. The third-order valence-corrected chi connectivity index (χ3v) is 2.46. The Morgan fingerprint density at radius 2 is 2.47 bits per heavy atom. The predicted octanol–water partition coefficient (Wildman–Crippen LogP) is 1.27. The van der Waals surface area contributed by atoms with Crippen LogP contribution in [-0.2, 0) is 4.74 Å². The first-order chi connectivity index (χ1) is 7.25. The molecule has 0 aromatic carbocycles. The summed E-state index contributed by atoms with van der Waals surface area (Å²) >= 11 is 0. The molecule has 1 aromatic rings. The lowest BCUT2D eigenvalue weighted by molar-refractivity contribution is 0.138. The minimum absolute atomic E-state index is 0.0152. The summed E-state index contributed by atoms with van der Waals surface area (Å²) < 4.78 is 10.9. The van der Waals surface area contributed by atoms with Crippen LogP contribution in [0.25, 0.3) is 0 Å². The van der Waals surface area contributed by atoms with Crippen LogP contribution in [0.3, 0.4) is 0 Å². The molecular formula is C11H16N2O2. The molecule has 1 aliphatic heterocycles. The topological polar surface area (TPSA) is 57.4 Å². The summed E-state index contributed by atoms with van der Waals surface area (Å²) in [4.78, 5) is 4.21. The first-order valence-electron chi connectivity index (χ1n) is 5.21. The molecule has 0 saturated carbocycles. The summed E-state index contributed by atoms with van der Waals surface area (Å²) in [5.41, 5.74) is 6.75. The molecule has 15 heavy (non-hydrogen) atoms. The molecule has 0 radical (unpaired) electrons. The maximum atomic E-state index is 5.73. The number of hydrogen-bond donors (Lipinski definition) is 1. The van der Waals surface area contributed by atoms with E-state index in [1.807, 2.05) is 19.1 Å². The van der Waals surface area contributed by atoms with Gasteiger partial charge in [-0.2, -0.15) is 0 Å². The van der Waals surface area contributed by atoms with Gasteiger partial charge in [-0.1, -0.05) is 6.07 Å². The Labute approximate surface area is 89.4 Å². The van der Waals surface area contributed by atoms with Crippen LogP contribution >= 0.6 is 0 Å². The van der Waals surface area contributed by atoms with Gasteiger partial charge >= 0.3 is 0 Å². The molecule has 1 aliphatic rings. The zero-order chi connectivity index (χ0) is 10.7. The minimum atomic E-state index is 0.0152. The molecule has 2 heterocycles. The Morgan fingerprint density at radius 3 is 3.00 bits per heavy atom. The second-order valence-corrected chi connectivity index (χ2v) is 3.82. The van der Waals surface area contributed by atoms with E-state index in [0.29, 0.717) is 12.5 Å². The van der Waals surface area contributed by atoms with E-state index in [2.05, 4.69) is 4.98 Å². The number of aromatic nitrogens is 1. The van der Waals surface area contributed by atoms with E-state index >= 15 is 0 Å². The van der Waals surface area contributed by atoms with Gasteiger partial charge in [-0.05, 0) is 12.5 Å². The third-order valence-electron chi connectivity index (χ3n) is 2.46. The van der Waals surface area contributed by atoms with Crippen molar-refractivity contribution in [2.75, 3.05) is 13.2 Å². The maximum Gasteiger partial charge on any atom is 0.213 e. The van der Waals surface area contributed by atoms with Crippen molar-refractivity contribution in [3.63, 3.8) is 0 Å². The van der Waals surface area contributed by atoms with Gasteiger partial charge < -0.3 is 15.2 Å². The lowest BCUT2D eigenvalue weighted by Gasteiger charge is -2.11. The van der Waals surface area contributed by atoms with Gasteiger partial charge in [0.15, 0.2) is 0 Å². The second-order valence-electron chi connectivity index (χ2n) is 3.82. The molecule has 0 amide bonds. The Kier molecular flexibility index (Phi) is 3.18. The van der Waals surface area contributed by atoms with Crippen molar-refractivity contribution in [3.8, 4) is 5.88 Å². The van der Waals surface area contributed by atoms with Crippen molar-refractivity contribution >= 4 is 0 Å². The standard InChI is InChI=1S/C11H16N2O2/c1-8(12)9-2-3-11(13-6-9)15-10-4-5-14-7-10/h2-3,6,8,10H,4-5,7,12H2,1H3/t8?,10-/m1/s1. The van der Waals surface area contributed by atoms with E-state index in [9.17, 15) is 0 Å². The molecule has 4 nitrogen and oxygen atoms in total. The fraction of sp³-hybridized carbons (Fsp3) is 0.545. The quantitative estimate of drug-likeness (QED) is 0.812. The Hall–Kier alpha value is -1.13. The van der Waals surface area contributed by atoms with Gasteiger partial charge in [0.1, 0.15) is 6.10 Å². The number of pyridine rings is 1. The van der Waals surface area contributed by atoms with E-state index in [1.165, 1.54) is 0 Å². The van der Waals surface area contributed by atoms with Crippen LogP contribution in [0.4, 0.5) is 0 Å². The molecule has 1 unspecified atom stereocenters. The van der Waals surface area contributed by atoms with Gasteiger partial charge in [-0.25, -0.2) is 4.98 Å². The average molecular weight is 208 g/mol. The van der Waals surface area contributed by atoms with E-state index in [0.717, 1.165) is 18.6 Å². The Balaban J connectivity index is 1.97. The van der Waals surface area contributed by atoms with Crippen LogP contribution in [0.15, 0.2) is 18.3 Å². The molecule has 1 saturated heterocycles. The van der Waals surface area contributed by atoms with Crippen molar-refractivity contribution in [3.05, 3.63) is 23.9 Å². The number of nitrogens with zero attached hydrogens (tertiary/aromatic N) is 1. The monoisotopic (exact) mass is 208 g/mol. The summed E-state index contributed by atoms with van der Waals surface area (Å²) in [5, 5.41) is 0. The average Bonchev–Trinajstić information content (AvgIpc) is 2.71. The highest BCUT2D eigenvalue weighted by atomic mass is 16.5. The number of hydrogen-bond acceptors (Lipinski definition) is 4. The van der Waals surface area contributed by atoms with Gasteiger partial charge in [0, 0.05) is 24.7 Å². The summed E-state index contributed by atoms with van der Waals surface area (Å²) in [6.45, 7) is 3.38. The van der Waals surface area contributed by atoms with Crippen LogP contribution in [0.1, 0.15) is 24.9 Å². The van der Waals surface area contributed by atoms with Gasteiger partial charge in [-0.3, -0.25) is 0 Å². The van der Waals surface area contributed by atoms with Crippen molar-refractivity contribution < 1.29 is 9.47 Å². The molecule has 0 spiro atoms. The fourth-order valence-corrected chi connectivity index (χ4v) is 1.51. The van der Waals surface area contributed by atoms with Crippen LogP contribution in [0, 0.1) is 0 Å². The van der Waals surface area contributed by atoms with Crippen molar-refractivity contribution in [2.24, 2.45) is 5.73 Å². The summed E-state index contributed by atoms with van der Waals surface area (Å²) in [6, 6.07) is 3.82. The van der Waals surface area contributed by atoms with E-state index < -0.39 is 0 Å². The largest absolute Gasteiger partial charge is 0.472 e. The van der Waals surface area contributed by atoms with Crippen molar-refractivity contribution in [1.82, 2.24) is 4.98 Å². The van der Waals surface area contributed by atoms with E-state index in [-0.39, 0.29) is 12.1 Å². The SMILES string of the molecule is CC(N)c1ccc(O[C@@H]2CCOC2)nc1. The lowest BCUT2D eigenvalue weighted by Crippen LogP contribution is -2.16. The zero-order valence-corrected chi connectivity index (χ0v) is 8.85. The number of nitrogens with two attached hydrogens (primary N) is 1. The normalized spacial score (nSPS) is 22.7. The summed E-state index contributed by atoms with van der Waals surface area (Å²) in [7, 11) is 0. The van der Waals surface area contributed by atoms with E-state index in [1.54, 1.807) is 6.20 Å². The van der Waals surface area contributed by atoms with Crippen molar-refractivity contribution in [2.45, 2.75) is 25.5 Å². The molecule has 1 aromatic heterocycles. The highest BCUT2D eigenvalue weighted by molar-refractivity contribution is 5.20. The molecule has 0 aliphatic carbocycles. The predicted molar refractivity (Wildman–Crippen MR) is 56.7 cm³/mol. The highest BCUT2D eigenvalue weighted by Crippen LogP contribution is 2.16. The molecule has 0 bridgehead atoms. The van der Waals surface area contributed by atoms with Crippen LogP contribution < -0.4 is 10.5 Å². The summed E-state index contributed by atoms with van der Waals surface area (Å²) in [5.74, 6) is 0.648. The Bertz CT molecular complexity index is 305. The van der Waals surface area contributed by atoms with Gasteiger partial charge in [0.05, 0.1) is 13.2 Å². The van der Waals surface area contributed by atoms with E-state index in [4.69, 9.17) is 15.2 Å². The molecule has 2 rings (SSSR count). The van der Waals surface area contributed by atoms with Gasteiger partial charge in [0.2, 0.25) is 5.88 Å². The summed E-state index contributed by atoms with van der Waals surface area (Å²) in [6.07, 6.45) is 2.85. The lowest BCUT2D eigenvalue weighted by atomic mass is 10.2.